The van der Waals surface area contributed by atoms with E-state index in [0.29, 0.717) is 12.8 Å². The van der Waals surface area contributed by atoms with Gasteiger partial charge in [0.2, 0.25) is 0 Å². The first-order valence-electron chi connectivity index (χ1n) is 6.26. The number of amides is 1. The molecule has 5 heteroatoms. The number of benzene rings is 1. The van der Waals surface area contributed by atoms with Crippen LogP contribution in [0.5, 0.6) is 0 Å². The third kappa shape index (κ3) is 2.87. The van der Waals surface area contributed by atoms with Crippen LogP contribution in [0, 0.1) is 17.1 Å². The van der Waals surface area contributed by atoms with E-state index in [9.17, 15) is 14.4 Å². The fourth-order valence-electron chi connectivity index (χ4n) is 2.38. The summed E-state index contributed by atoms with van der Waals surface area (Å²) in [5, 5.41) is 11.8. The molecule has 2 rings (SSSR count). The highest BCUT2D eigenvalue weighted by molar-refractivity contribution is 6.34. The van der Waals surface area contributed by atoms with Gasteiger partial charge in [0, 0.05) is 0 Å². The Morgan fingerprint density at radius 1 is 1.37 bits per heavy atom. The minimum absolute atomic E-state index is 0.0712. The number of rotatable bonds is 2. The summed E-state index contributed by atoms with van der Waals surface area (Å²) in [5.41, 5.74) is -0.771. The fraction of sp³-hybridized carbons (Fsp3) is 0.429. The van der Waals surface area contributed by atoms with Crippen LogP contribution in [0.1, 0.15) is 42.5 Å². The summed E-state index contributed by atoms with van der Waals surface area (Å²) < 4.78 is 13.3. The van der Waals surface area contributed by atoms with Gasteiger partial charge in [0.15, 0.2) is 0 Å². The molecule has 19 heavy (non-hydrogen) atoms. The largest absolute Gasteiger partial charge is 0.334 e. The highest BCUT2D eigenvalue weighted by Crippen LogP contribution is 2.28. The number of nitrogens with one attached hydrogen (secondary N) is 1. The predicted molar refractivity (Wildman–Crippen MR) is 70.3 cm³/mol. The van der Waals surface area contributed by atoms with E-state index in [1.165, 1.54) is 18.2 Å². The number of nitrogens with zero attached hydrogens (tertiary/aromatic N) is 1. The van der Waals surface area contributed by atoms with Gasteiger partial charge in [0.05, 0.1) is 16.7 Å². The van der Waals surface area contributed by atoms with Crippen LogP contribution in [0.25, 0.3) is 0 Å². The van der Waals surface area contributed by atoms with Crippen LogP contribution in [0.4, 0.5) is 4.39 Å². The maximum absolute atomic E-state index is 13.3. The Balaban J connectivity index is 2.21. The molecule has 3 nitrogen and oxygen atoms in total. The van der Waals surface area contributed by atoms with Crippen molar-refractivity contribution in [3.05, 3.63) is 34.6 Å². The van der Waals surface area contributed by atoms with Crippen LogP contribution in [-0.2, 0) is 0 Å². The van der Waals surface area contributed by atoms with Crippen molar-refractivity contribution in [1.82, 2.24) is 5.32 Å². The molecule has 1 aliphatic rings. The highest BCUT2D eigenvalue weighted by atomic mass is 35.5. The highest BCUT2D eigenvalue weighted by Gasteiger charge is 2.34. The third-order valence-electron chi connectivity index (χ3n) is 3.47. The zero-order valence-electron chi connectivity index (χ0n) is 10.4. The van der Waals surface area contributed by atoms with Gasteiger partial charge < -0.3 is 5.32 Å². The summed E-state index contributed by atoms with van der Waals surface area (Å²) >= 11 is 5.78. The van der Waals surface area contributed by atoms with Crippen LogP contribution in [-0.4, -0.2) is 11.4 Å². The molecule has 1 amide bonds. The Bertz CT molecular complexity index is 533. The van der Waals surface area contributed by atoms with E-state index in [1.54, 1.807) is 0 Å². The van der Waals surface area contributed by atoms with Gasteiger partial charge in [-0.15, -0.1) is 0 Å². The first-order valence-corrected chi connectivity index (χ1v) is 6.63. The molecule has 100 valence electrons. The normalized spacial score (nSPS) is 17.5. The van der Waals surface area contributed by atoms with Gasteiger partial charge in [0.1, 0.15) is 11.4 Å². The molecule has 0 saturated heterocycles. The van der Waals surface area contributed by atoms with Crippen molar-refractivity contribution in [2.24, 2.45) is 0 Å². The topological polar surface area (TPSA) is 52.9 Å². The average molecular weight is 281 g/mol. The quantitative estimate of drug-likeness (QED) is 0.902. The number of hydrogen-bond donors (Lipinski definition) is 1. The Morgan fingerprint density at radius 3 is 2.68 bits per heavy atom. The minimum Gasteiger partial charge on any atom is -0.334 e. The third-order valence-corrected chi connectivity index (χ3v) is 3.85. The average Bonchev–Trinajstić information content (AvgIpc) is 2.42. The summed E-state index contributed by atoms with van der Waals surface area (Å²) in [4.78, 5) is 12.1. The molecule has 0 atom stereocenters. The Kier molecular flexibility index (Phi) is 4.06. The SMILES string of the molecule is N#CC1(NC(=O)c2cccc(F)c2Cl)CCCCC1. The second kappa shape index (κ2) is 5.58. The number of halogens is 2. The van der Waals surface area contributed by atoms with Gasteiger partial charge in [-0.05, 0) is 25.0 Å². The fourth-order valence-corrected chi connectivity index (χ4v) is 2.60. The van der Waals surface area contributed by atoms with Gasteiger partial charge in [-0.1, -0.05) is 36.9 Å². The van der Waals surface area contributed by atoms with Crippen molar-refractivity contribution >= 4 is 17.5 Å². The molecule has 1 fully saturated rings. The van der Waals surface area contributed by atoms with E-state index in [1.807, 2.05) is 0 Å². The number of nitriles is 1. The van der Waals surface area contributed by atoms with E-state index in [2.05, 4.69) is 11.4 Å². The Morgan fingerprint density at radius 2 is 2.05 bits per heavy atom. The van der Waals surface area contributed by atoms with Gasteiger partial charge in [0.25, 0.3) is 5.91 Å². The zero-order valence-corrected chi connectivity index (χ0v) is 11.1. The van der Waals surface area contributed by atoms with Gasteiger partial charge >= 0.3 is 0 Å². The van der Waals surface area contributed by atoms with Gasteiger partial charge in [-0.25, -0.2) is 4.39 Å². The molecule has 0 spiro atoms. The van der Waals surface area contributed by atoms with E-state index in [-0.39, 0.29) is 10.6 Å². The Labute approximate surface area is 116 Å². The second-order valence-corrected chi connectivity index (χ2v) is 5.19. The second-order valence-electron chi connectivity index (χ2n) is 4.81. The Hall–Kier alpha value is -1.60. The monoisotopic (exact) mass is 280 g/mol. The molecule has 0 aliphatic heterocycles. The minimum atomic E-state index is -0.842. The lowest BCUT2D eigenvalue weighted by molar-refractivity contribution is 0.0902. The molecule has 1 aromatic carbocycles. The van der Waals surface area contributed by atoms with Crippen molar-refractivity contribution < 1.29 is 9.18 Å². The van der Waals surface area contributed by atoms with Crippen LogP contribution < -0.4 is 5.32 Å². The lowest BCUT2D eigenvalue weighted by Gasteiger charge is -2.31. The van der Waals surface area contributed by atoms with E-state index < -0.39 is 17.3 Å². The van der Waals surface area contributed by atoms with E-state index in [0.717, 1.165) is 19.3 Å². The molecule has 1 saturated carbocycles. The van der Waals surface area contributed by atoms with Crippen molar-refractivity contribution in [3.8, 4) is 6.07 Å². The lowest BCUT2D eigenvalue weighted by Crippen LogP contribution is -2.48. The molecule has 0 unspecified atom stereocenters. The standard InChI is InChI=1S/C14H14ClFN2O/c15-12-10(5-4-6-11(12)16)13(19)18-14(9-17)7-2-1-3-8-14/h4-6H,1-3,7-8H2,(H,18,19). The van der Waals surface area contributed by atoms with E-state index in [4.69, 9.17) is 11.6 Å². The first-order chi connectivity index (χ1) is 9.08. The zero-order chi connectivity index (χ0) is 13.9. The molecule has 1 N–H and O–H groups in total. The van der Waals surface area contributed by atoms with Crippen LogP contribution in [0.3, 0.4) is 0 Å². The summed E-state index contributed by atoms with van der Waals surface area (Å²) in [7, 11) is 0. The molecular formula is C14H14ClFN2O. The van der Waals surface area contributed by atoms with Crippen molar-refractivity contribution in [2.75, 3.05) is 0 Å². The lowest BCUT2D eigenvalue weighted by atomic mass is 9.82. The van der Waals surface area contributed by atoms with Crippen molar-refractivity contribution in [3.63, 3.8) is 0 Å². The summed E-state index contributed by atoms with van der Waals surface area (Å²) in [6.07, 6.45) is 4.14. The van der Waals surface area contributed by atoms with E-state index >= 15 is 0 Å². The number of carbonyl (C=O) groups is 1. The maximum atomic E-state index is 13.3. The summed E-state index contributed by atoms with van der Waals surface area (Å²) in [6.45, 7) is 0. The summed E-state index contributed by atoms with van der Waals surface area (Å²) in [5.74, 6) is -1.13. The number of hydrogen-bond acceptors (Lipinski definition) is 2. The van der Waals surface area contributed by atoms with Crippen LogP contribution in [0.2, 0.25) is 5.02 Å². The molecule has 1 aromatic rings. The van der Waals surface area contributed by atoms with Crippen molar-refractivity contribution in [1.29, 1.82) is 5.26 Å². The molecule has 0 radical (unpaired) electrons. The molecule has 0 bridgehead atoms. The van der Waals surface area contributed by atoms with Gasteiger partial charge in [-0.2, -0.15) is 5.26 Å². The first kappa shape index (κ1) is 13.8. The van der Waals surface area contributed by atoms with Gasteiger partial charge in [-0.3, -0.25) is 4.79 Å². The van der Waals surface area contributed by atoms with Crippen LogP contribution in [0.15, 0.2) is 18.2 Å². The molecule has 1 aliphatic carbocycles. The summed E-state index contributed by atoms with van der Waals surface area (Å²) in [6, 6.07) is 6.26. The number of carbonyl (C=O) groups excluding carboxylic acids is 1. The predicted octanol–water partition coefficient (Wildman–Crippen LogP) is 3.44. The molecule has 0 heterocycles. The molecular weight excluding hydrogens is 267 g/mol. The molecule has 0 aromatic heterocycles. The maximum Gasteiger partial charge on any atom is 0.254 e. The van der Waals surface area contributed by atoms with Crippen LogP contribution >= 0.6 is 11.6 Å². The van der Waals surface area contributed by atoms with Crippen molar-refractivity contribution in [2.45, 2.75) is 37.6 Å². The smallest absolute Gasteiger partial charge is 0.254 e.